The van der Waals surface area contributed by atoms with Crippen LogP contribution in [0.1, 0.15) is 46.9 Å². The molecule has 1 amide bonds. The second kappa shape index (κ2) is 6.76. The van der Waals surface area contributed by atoms with E-state index in [2.05, 4.69) is 29.4 Å². The Bertz CT molecular complexity index is 1070. The normalized spacial score (nSPS) is 20.4. The molecule has 2 bridgehead atoms. The van der Waals surface area contributed by atoms with Gasteiger partial charge in [-0.05, 0) is 25.7 Å². The average Bonchev–Trinajstić information content (AvgIpc) is 3.26. The fourth-order valence-electron chi connectivity index (χ4n) is 5.06. The first-order chi connectivity index (χ1) is 14.1. The second-order valence-electron chi connectivity index (χ2n) is 7.91. The molecule has 7 nitrogen and oxygen atoms in total. The van der Waals surface area contributed by atoms with Crippen LogP contribution < -0.4 is 4.74 Å². The molecule has 2 atom stereocenters. The molecule has 0 N–H and O–H groups in total. The first-order valence-corrected chi connectivity index (χ1v) is 10.1. The van der Waals surface area contributed by atoms with Gasteiger partial charge >= 0.3 is 0 Å². The number of carbonyl (C=O) groups is 1. The monoisotopic (exact) mass is 391 g/mol. The lowest BCUT2D eigenvalue weighted by atomic mass is 9.81. The summed E-state index contributed by atoms with van der Waals surface area (Å²) in [7, 11) is 5.37. The lowest BCUT2D eigenvalue weighted by Gasteiger charge is -2.45. The number of nitrogens with zero attached hydrogens (tertiary/aromatic N) is 5. The SMILES string of the molecule is COc1c(C(=O)N2[C@@H]3CCC[C@H]2c2nn(C)c(-c4ccccc4)c2C3)cnn1C. The predicted molar refractivity (Wildman–Crippen MR) is 109 cm³/mol. The lowest BCUT2D eigenvalue weighted by Crippen LogP contribution is -2.49. The van der Waals surface area contributed by atoms with Crippen LogP contribution in [0.25, 0.3) is 11.3 Å². The van der Waals surface area contributed by atoms with E-state index in [0.717, 1.165) is 31.4 Å². The highest BCUT2D eigenvalue weighted by Gasteiger charge is 2.44. The highest BCUT2D eigenvalue weighted by atomic mass is 16.5. The molecule has 2 aliphatic heterocycles. The maximum Gasteiger partial charge on any atom is 0.261 e. The largest absolute Gasteiger partial charge is 0.481 e. The Hall–Kier alpha value is -3.09. The summed E-state index contributed by atoms with van der Waals surface area (Å²) in [5.41, 5.74) is 5.20. The van der Waals surface area contributed by atoms with Crippen molar-refractivity contribution in [2.75, 3.05) is 7.11 Å². The fraction of sp³-hybridized carbons (Fsp3) is 0.409. The zero-order valence-electron chi connectivity index (χ0n) is 17.0. The molecule has 2 aromatic heterocycles. The van der Waals surface area contributed by atoms with E-state index in [1.54, 1.807) is 25.0 Å². The molecule has 0 saturated carbocycles. The van der Waals surface area contributed by atoms with Crippen molar-refractivity contribution in [3.8, 4) is 17.1 Å². The number of ether oxygens (including phenoxy) is 1. The Balaban J connectivity index is 1.59. The molecule has 1 saturated heterocycles. The van der Waals surface area contributed by atoms with Gasteiger partial charge in [-0.25, -0.2) is 4.68 Å². The molecule has 1 aromatic carbocycles. The summed E-state index contributed by atoms with van der Waals surface area (Å²) in [6.45, 7) is 0. The van der Waals surface area contributed by atoms with Gasteiger partial charge in [0, 0.05) is 31.3 Å². The van der Waals surface area contributed by atoms with Crippen LogP contribution in [0.3, 0.4) is 0 Å². The van der Waals surface area contributed by atoms with Crippen molar-refractivity contribution >= 4 is 5.91 Å². The number of benzene rings is 1. The van der Waals surface area contributed by atoms with Crippen LogP contribution in [0.2, 0.25) is 0 Å². The molecule has 0 spiro atoms. The Morgan fingerprint density at radius 3 is 2.69 bits per heavy atom. The summed E-state index contributed by atoms with van der Waals surface area (Å²) >= 11 is 0. The zero-order valence-corrected chi connectivity index (χ0v) is 17.0. The molecule has 150 valence electrons. The van der Waals surface area contributed by atoms with Crippen molar-refractivity contribution in [2.45, 2.75) is 37.8 Å². The predicted octanol–water partition coefficient (Wildman–Crippen LogP) is 3.12. The molecule has 2 aliphatic rings. The van der Waals surface area contributed by atoms with Crippen LogP contribution in [0, 0.1) is 0 Å². The van der Waals surface area contributed by atoms with Crippen LogP contribution in [0.5, 0.6) is 5.88 Å². The van der Waals surface area contributed by atoms with Crippen molar-refractivity contribution < 1.29 is 9.53 Å². The van der Waals surface area contributed by atoms with Crippen molar-refractivity contribution in [2.24, 2.45) is 14.1 Å². The van der Waals surface area contributed by atoms with Gasteiger partial charge < -0.3 is 9.64 Å². The van der Waals surface area contributed by atoms with Crippen LogP contribution in [-0.4, -0.2) is 43.5 Å². The Kier molecular flexibility index (Phi) is 4.19. The Labute approximate surface area is 169 Å². The van der Waals surface area contributed by atoms with E-state index in [9.17, 15) is 4.79 Å². The minimum absolute atomic E-state index is 0.00132. The van der Waals surface area contributed by atoms with E-state index in [-0.39, 0.29) is 18.0 Å². The quantitative estimate of drug-likeness (QED) is 0.688. The van der Waals surface area contributed by atoms with E-state index in [1.165, 1.54) is 16.8 Å². The van der Waals surface area contributed by atoms with Crippen LogP contribution in [-0.2, 0) is 20.5 Å². The van der Waals surface area contributed by atoms with E-state index < -0.39 is 0 Å². The van der Waals surface area contributed by atoms with Gasteiger partial charge in [0.25, 0.3) is 5.91 Å². The average molecular weight is 391 g/mol. The minimum atomic E-state index is -0.0118. The van der Waals surface area contributed by atoms with Crippen LogP contribution in [0.15, 0.2) is 36.5 Å². The highest BCUT2D eigenvalue weighted by Crippen LogP contribution is 2.45. The number of fused-ring (bicyclic) bond motifs is 4. The van der Waals surface area contributed by atoms with E-state index in [0.29, 0.717) is 11.4 Å². The van der Waals surface area contributed by atoms with Gasteiger partial charge in [0.15, 0.2) is 0 Å². The number of aromatic nitrogens is 4. The number of carbonyl (C=O) groups excluding carboxylic acids is 1. The van der Waals surface area contributed by atoms with E-state index >= 15 is 0 Å². The summed E-state index contributed by atoms with van der Waals surface area (Å²) in [6, 6.07) is 10.6. The third-order valence-electron chi connectivity index (χ3n) is 6.27. The fourth-order valence-corrected chi connectivity index (χ4v) is 5.06. The molecule has 0 radical (unpaired) electrons. The van der Waals surface area contributed by atoms with Crippen molar-refractivity contribution in [3.05, 3.63) is 53.3 Å². The number of aryl methyl sites for hydroxylation is 2. The molecule has 0 unspecified atom stereocenters. The number of rotatable bonds is 3. The Morgan fingerprint density at radius 1 is 1.14 bits per heavy atom. The minimum Gasteiger partial charge on any atom is -0.481 e. The van der Waals surface area contributed by atoms with Gasteiger partial charge in [0.2, 0.25) is 5.88 Å². The molecule has 0 aliphatic carbocycles. The maximum absolute atomic E-state index is 13.5. The summed E-state index contributed by atoms with van der Waals surface area (Å²) in [5, 5.41) is 9.12. The maximum atomic E-state index is 13.5. The van der Waals surface area contributed by atoms with Crippen LogP contribution >= 0.6 is 0 Å². The molecule has 5 rings (SSSR count). The standard InChI is InChI=1S/C22H25N5O2/c1-25-20(14-8-5-4-6-9-14)16-12-15-10-7-11-18(19(16)24-25)27(15)21(28)17-13-23-26(2)22(17)29-3/h4-6,8-9,13,15,18H,7,10-12H2,1-3H3/t15-,18+/m1/s1. The molecule has 3 aromatic rings. The molecule has 7 heteroatoms. The van der Waals surface area contributed by atoms with Crippen molar-refractivity contribution in [3.63, 3.8) is 0 Å². The van der Waals surface area contributed by atoms with Crippen LogP contribution in [0.4, 0.5) is 0 Å². The number of amides is 1. The number of hydrogen-bond acceptors (Lipinski definition) is 4. The van der Waals surface area contributed by atoms with Gasteiger partial charge in [-0.3, -0.25) is 9.48 Å². The summed E-state index contributed by atoms with van der Waals surface area (Å²) in [4.78, 5) is 15.6. The first-order valence-electron chi connectivity index (χ1n) is 10.1. The summed E-state index contributed by atoms with van der Waals surface area (Å²) in [6.07, 6.45) is 5.49. The van der Waals surface area contributed by atoms with Gasteiger partial charge in [0.05, 0.1) is 30.7 Å². The molecule has 29 heavy (non-hydrogen) atoms. The van der Waals surface area contributed by atoms with Crippen molar-refractivity contribution in [1.29, 1.82) is 0 Å². The van der Waals surface area contributed by atoms with E-state index in [4.69, 9.17) is 9.84 Å². The lowest BCUT2D eigenvalue weighted by molar-refractivity contribution is 0.0388. The topological polar surface area (TPSA) is 65.2 Å². The third-order valence-corrected chi connectivity index (χ3v) is 6.27. The Morgan fingerprint density at radius 2 is 1.93 bits per heavy atom. The summed E-state index contributed by atoms with van der Waals surface area (Å²) < 4.78 is 9.02. The number of methoxy groups -OCH3 is 1. The summed E-state index contributed by atoms with van der Waals surface area (Å²) in [5.74, 6) is 0.493. The van der Waals surface area contributed by atoms with E-state index in [1.807, 2.05) is 22.7 Å². The molecular weight excluding hydrogens is 366 g/mol. The molecular formula is C22H25N5O2. The number of piperidine rings is 1. The van der Waals surface area contributed by atoms with Gasteiger partial charge in [-0.15, -0.1) is 0 Å². The number of hydrogen-bond donors (Lipinski definition) is 0. The molecule has 4 heterocycles. The molecule has 1 fully saturated rings. The van der Waals surface area contributed by atoms with Gasteiger partial charge in [0.1, 0.15) is 5.56 Å². The first kappa shape index (κ1) is 18.0. The van der Waals surface area contributed by atoms with Gasteiger partial charge in [-0.2, -0.15) is 10.2 Å². The second-order valence-corrected chi connectivity index (χ2v) is 7.91. The van der Waals surface area contributed by atoms with Gasteiger partial charge in [-0.1, -0.05) is 30.3 Å². The smallest absolute Gasteiger partial charge is 0.261 e. The van der Waals surface area contributed by atoms with Crippen molar-refractivity contribution in [1.82, 2.24) is 24.5 Å². The zero-order chi connectivity index (χ0) is 20.1. The highest BCUT2D eigenvalue weighted by molar-refractivity contribution is 5.97. The third kappa shape index (κ3) is 2.68.